The average Bonchev–Trinajstić information content (AvgIpc) is 3.44. The van der Waals surface area contributed by atoms with Gasteiger partial charge in [0.1, 0.15) is 5.57 Å². The average molecular weight is 527 g/mol. The van der Waals surface area contributed by atoms with E-state index in [0.29, 0.717) is 16.9 Å². The second-order valence-electron chi connectivity index (χ2n) is 9.42. The number of aryl methyl sites for hydroxylation is 2. The largest absolute Gasteiger partial charge is 0.371 e. The van der Waals surface area contributed by atoms with Gasteiger partial charge in [-0.15, -0.1) is 0 Å². The van der Waals surface area contributed by atoms with Gasteiger partial charge in [-0.25, -0.2) is 0 Å². The second-order valence-corrected chi connectivity index (χ2v) is 9.79. The van der Waals surface area contributed by atoms with Crippen LogP contribution in [0.3, 0.4) is 0 Å². The fourth-order valence-corrected chi connectivity index (χ4v) is 5.18. The number of carbonyl (C=O) groups is 2. The van der Waals surface area contributed by atoms with E-state index in [1.165, 1.54) is 28.0 Å². The van der Waals surface area contributed by atoms with Crippen LogP contribution in [0.25, 0.3) is 6.08 Å². The van der Waals surface area contributed by atoms with Crippen molar-refractivity contribution in [2.45, 2.75) is 26.7 Å². The first-order valence-electron chi connectivity index (χ1n) is 12.4. The summed E-state index contributed by atoms with van der Waals surface area (Å²) in [7, 11) is 0. The molecule has 0 spiro atoms. The Balaban J connectivity index is 1.69. The summed E-state index contributed by atoms with van der Waals surface area (Å²) in [5, 5.41) is 11.6. The van der Waals surface area contributed by atoms with E-state index in [0.717, 1.165) is 42.7 Å². The van der Waals surface area contributed by atoms with E-state index in [2.05, 4.69) is 4.90 Å². The highest BCUT2D eigenvalue weighted by atomic mass is 32.1. The number of rotatable bonds is 5. The molecular formula is C29H26N4O4S. The lowest BCUT2D eigenvalue weighted by molar-refractivity contribution is -0.384. The number of nitrogens with zero attached hydrogens (tertiary/aromatic N) is 4. The first-order chi connectivity index (χ1) is 18.3. The molecular weight excluding hydrogens is 500 g/mol. The summed E-state index contributed by atoms with van der Waals surface area (Å²) in [6.07, 6.45) is 3.47. The molecule has 0 N–H and O–H groups in total. The molecule has 2 aliphatic rings. The van der Waals surface area contributed by atoms with Gasteiger partial charge in [0.25, 0.3) is 17.5 Å². The number of carbonyl (C=O) groups excluding carboxylic acids is 2. The molecule has 0 atom stereocenters. The lowest BCUT2D eigenvalue weighted by atomic mass is 10.0. The zero-order valence-electron chi connectivity index (χ0n) is 21.1. The lowest BCUT2D eigenvalue weighted by Gasteiger charge is -2.37. The van der Waals surface area contributed by atoms with Crippen molar-refractivity contribution in [1.82, 2.24) is 0 Å². The van der Waals surface area contributed by atoms with E-state index in [1.54, 1.807) is 36.4 Å². The molecule has 3 aromatic rings. The number of para-hydroxylation sites is 1. The number of amides is 2. The normalized spacial score (nSPS) is 17.1. The molecule has 2 aliphatic heterocycles. The van der Waals surface area contributed by atoms with Gasteiger partial charge in [0.2, 0.25) is 0 Å². The van der Waals surface area contributed by atoms with Crippen molar-refractivity contribution in [2.24, 2.45) is 0 Å². The number of non-ortho nitro benzene ring substituents is 1. The van der Waals surface area contributed by atoms with Crippen LogP contribution in [0.1, 0.15) is 29.5 Å². The molecule has 0 radical (unpaired) electrons. The van der Waals surface area contributed by atoms with Crippen LogP contribution in [0.2, 0.25) is 0 Å². The SMILES string of the molecule is Cc1ccc(N2C(=O)/C(=C\c3cc([N+](=O)[O-])ccc3N3CCCC3)C(=O)N(c3ccccc3)C2=S)cc1C. The van der Waals surface area contributed by atoms with Crippen molar-refractivity contribution in [1.29, 1.82) is 0 Å². The third-order valence-electron chi connectivity index (χ3n) is 6.98. The highest BCUT2D eigenvalue weighted by molar-refractivity contribution is 7.81. The Morgan fingerprint density at radius 3 is 2.13 bits per heavy atom. The predicted molar refractivity (Wildman–Crippen MR) is 152 cm³/mol. The highest BCUT2D eigenvalue weighted by Crippen LogP contribution is 2.34. The Labute approximate surface area is 225 Å². The molecule has 9 heteroatoms. The third kappa shape index (κ3) is 4.56. The summed E-state index contributed by atoms with van der Waals surface area (Å²) in [6, 6.07) is 19.0. The zero-order valence-corrected chi connectivity index (χ0v) is 21.9. The molecule has 38 heavy (non-hydrogen) atoms. The van der Waals surface area contributed by atoms with E-state index in [-0.39, 0.29) is 16.4 Å². The fraction of sp³-hybridized carbons (Fsp3) is 0.207. The molecule has 0 bridgehead atoms. The number of benzene rings is 3. The van der Waals surface area contributed by atoms with Crippen molar-refractivity contribution >= 4 is 58.0 Å². The van der Waals surface area contributed by atoms with Gasteiger partial charge in [-0.1, -0.05) is 24.3 Å². The van der Waals surface area contributed by atoms with E-state index < -0.39 is 16.7 Å². The smallest absolute Gasteiger partial charge is 0.270 e. The van der Waals surface area contributed by atoms with Gasteiger partial charge in [0.15, 0.2) is 5.11 Å². The van der Waals surface area contributed by atoms with Gasteiger partial charge >= 0.3 is 0 Å². The van der Waals surface area contributed by atoms with Gasteiger partial charge in [-0.2, -0.15) is 0 Å². The van der Waals surface area contributed by atoms with Crippen molar-refractivity contribution < 1.29 is 14.5 Å². The number of nitro benzene ring substituents is 1. The maximum Gasteiger partial charge on any atom is 0.270 e. The molecule has 2 heterocycles. The Morgan fingerprint density at radius 2 is 1.50 bits per heavy atom. The van der Waals surface area contributed by atoms with Gasteiger partial charge in [0.05, 0.1) is 16.3 Å². The molecule has 0 aliphatic carbocycles. The van der Waals surface area contributed by atoms with Crippen molar-refractivity contribution in [3.8, 4) is 0 Å². The van der Waals surface area contributed by atoms with E-state index in [9.17, 15) is 19.7 Å². The van der Waals surface area contributed by atoms with Crippen LogP contribution in [-0.4, -0.2) is 34.9 Å². The summed E-state index contributed by atoms with van der Waals surface area (Å²) >= 11 is 5.71. The fourth-order valence-electron chi connectivity index (χ4n) is 4.80. The number of hydrogen-bond acceptors (Lipinski definition) is 6. The monoisotopic (exact) mass is 526 g/mol. The summed E-state index contributed by atoms with van der Waals surface area (Å²) in [5.41, 5.74) is 4.05. The first-order valence-corrected chi connectivity index (χ1v) is 12.8. The molecule has 2 saturated heterocycles. The van der Waals surface area contributed by atoms with Gasteiger partial charge in [-0.3, -0.25) is 29.5 Å². The molecule has 2 fully saturated rings. The van der Waals surface area contributed by atoms with Crippen LogP contribution in [0.5, 0.6) is 0 Å². The van der Waals surface area contributed by atoms with Crippen LogP contribution in [0.4, 0.5) is 22.7 Å². The maximum atomic E-state index is 14.0. The van der Waals surface area contributed by atoms with Crippen LogP contribution < -0.4 is 14.7 Å². The minimum absolute atomic E-state index is 0.0467. The summed E-state index contributed by atoms with van der Waals surface area (Å²) < 4.78 is 0. The molecule has 3 aromatic carbocycles. The lowest BCUT2D eigenvalue weighted by Crippen LogP contribution is -2.57. The zero-order chi connectivity index (χ0) is 27.0. The van der Waals surface area contributed by atoms with Crippen molar-refractivity contribution in [3.63, 3.8) is 0 Å². The van der Waals surface area contributed by atoms with Crippen LogP contribution in [0.15, 0.2) is 72.3 Å². The van der Waals surface area contributed by atoms with E-state index in [1.807, 2.05) is 32.0 Å². The molecule has 0 saturated carbocycles. The minimum Gasteiger partial charge on any atom is -0.371 e. The number of nitro groups is 1. The Morgan fingerprint density at radius 1 is 0.842 bits per heavy atom. The standard InChI is InChI=1S/C29H26N4O4S/c1-19-10-11-23(16-20(19)2)32-28(35)25(27(34)31(29(32)38)22-8-4-3-5-9-22)18-21-17-24(33(36)37)12-13-26(21)30-14-6-7-15-30/h3-5,8-13,16-18H,6-7,14-15H2,1-2H3/b25-18-. The van der Waals surface area contributed by atoms with Crippen LogP contribution in [0, 0.1) is 24.0 Å². The Hall–Kier alpha value is -4.37. The predicted octanol–water partition coefficient (Wildman–Crippen LogP) is 5.56. The molecule has 5 rings (SSSR count). The third-order valence-corrected chi connectivity index (χ3v) is 7.35. The number of hydrogen-bond donors (Lipinski definition) is 0. The van der Waals surface area contributed by atoms with Gasteiger partial charge in [-0.05, 0) is 86.4 Å². The summed E-state index contributed by atoms with van der Waals surface area (Å²) in [4.78, 5) is 43.7. The molecule has 8 nitrogen and oxygen atoms in total. The van der Waals surface area contributed by atoms with E-state index >= 15 is 0 Å². The summed E-state index contributed by atoms with van der Waals surface area (Å²) in [6.45, 7) is 5.51. The van der Waals surface area contributed by atoms with Gasteiger partial charge in [0, 0.05) is 36.5 Å². The molecule has 0 aromatic heterocycles. The molecule has 192 valence electrons. The summed E-state index contributed by atoms with van der Waals surface area (Å²) in [5.74, 6) is -1.15. The minimum atomic E-state index is -0.579. The number of thiocarbonyl (C=S) groups is 1. The topological polar surface area (TPSA) is 87.0 Å². The highest BCUT2D eigenvalue weighted by Gasteiger charge is 2.41. The Bertz CT molecular complexity index is 1500. The maximum absolute atomic E-state index is 14.0. The van der Waals surface area contributed by atoms with Crippen molar-refractivity contribution in [3.05, 3.63) is 99.1 Å². The van der Waals surface area contributed by atoms with Crippen LogP contribution in [-0.2, 0) is 9.59 Å². The Kier molecular flexibility index (Phi) is 6.77. The quantitative estimate of drug-likeness (QED) is 0.142. The first kappa shape index (κ1) is 25.3. The number of anilines is 3. The second kappa shape index (κ2) is 10.2. The molecule has 2 amide bonds. The van der Waals surface area contributed by atoms with Crippen molar-refractivity contribution in [2.75, 3.05) is 27.8 Å². The van der Waals surface area contributed by atoms with Crippen LogP contribution >= 0.6 is 12.2 Å². The van der Waals surface area contributed by atoms with Gasteiger partial charge < -0.3 is 4.90 Å². The molecule has 0 unspecified atom stereocenters. The van der Waals surface area contributed by atoms with E-state index in [4.69, 9.17) is 12.2 Å².